The Kier molecular flexibility index (Phi) is 5.80. The molecule has 8 nitrogen and oxygen atoms in total. The molecular formula is C25H34N6O2. The van der Waals surface area contributed by atoms with Crippen molar-refractivity contribution in [3.63, 3.8) is 0 Å². The van der Waals surface area contributed by atoms with E-state index < -0.39 is 0 Å². The summed E-state index contributed by atoms with van der Waals surface area (Å²) in [6.45, 7) is 7.57. The van der Waals surface area contributed by atoms with Gasteiger partial charge in [-0.2, -0.15) is 0 Å². The minimum atomic E-state index is 0.0130. The molecule has 2 unspecified atom stereocenters. The van der Waals surface area contributed by atoms with Crippen LogP contribution in [0.15, 0.2) is 29.0 Å². The number of rotatable bonds is 7. The maximum absolute atomic E-state index is 13.0. The first kappa shape index (κ1) is 21.1. The second-order valence-corrected chi connectivity index (χ2v) is 10.3. The highest BCUT2D eigenvalue weighted by Gasteiger charge is 2.39. The van der Waals surface area contributed by atoms with E-state index in [4.69, 9.17) is 9.40 Å². The van der Waals surface area contributed by atoms with Gasteiger partial charge >= 0.3 is 0 Å². The fraction of sp³-hybridized carbons (Fsp3) is 0.640. The third-order valence-electron chi connectivity index (χ3n) is 7.71. The molecule has 2 atom stereocenters. The van der Waals surface area contributed by atoms with Gasteiger partial charge in [-0.05, 0) is 62.1 Å². The van der Waals surface area contributed by atoms with Crippen LogP contribution < -0.4 is 10.2 Å². The van der Waals surface area contributed by atoms with Crippen LogP contribution in [0.25, 0.3) is 0 Å². The highest BCUT2D eigenvalue weighted by Crippen LogP contribution is 2.32. The lowest BCUT2D eigenvalue weighted by Gasteiger charge is -2.34. The average Bonchev–Trinajstić information content (AvgIpc) is 3.24. The Hall–Kier alpha value is -2.45. The molecule has 6 rings (SSSR count). The highest BCUT2D eigenvalue weighted by molar-refractivity contribution is 5.92. The van der Waals surface area contributed by atoms with Crippen LogP contribution in [0.1, 0.15) is 54.0 Å². The Morgan fingerprint density at radius 1 is 1.06 bits per heavy atom. The summed E-state index contributed by atoms with van der Waals surface area (Å²) in [4.78, 5) is 29.1. The molecule has 176 valence electrons. The van der Waals surface area contributed by atoms with Crippen LogP contribution in [0.4, 0.5) is 5.82 Å². The molecule has 0 aromatic carbocycles. The van der Waals surface area contributed by atoms with Crippen LogP contribution in [0.2, 0.25) is 0 Å². The van der Waals surface area contributed by atoms with E-state index in [1.54, 1.807) is 0 Å². The number of likely N-dealkylation sites (tertiary alicyclic amines) is 2. The monoisotopic (exact) mass is 450 g/mol. The number of hydrogen-bond acceptors (Lipinski definition) is 7. The van der Waals surface area contributed by atoms with Gasteiger partial charge in [-0.15, -0.1) is 0 Å². The molecule has 4 fully saturated rings. The summed E-state index contributed by atoms with van der Waals surface area (Å²) >= 11 is 0. The second kappa shape index (κ2) is 9.06. The van der Waals surface area contributed by atoms with Crippen molar-refractivity contribution in [3.05, 3.63) is 41.7 Å². The Balaban J connectivity index is 1.02. The summed E-state index contributed by atoms with van der Waals surface area (Å²) in [6.07, 6.45) is 9.71. The second-order valence-electron chi connectivity index (χ2n) is 10.3. The number of carbonyl (C=O) groups excluding carboxylic acids is 1. The van der Waals surface area contributed by atoms with E-state index >= 15 is 0 Å². The fourth-order valence-electron chi connectivity index (χ4n) is 5.63. The first-order valence-electron chi connectivity index (χ1n) is 12.6. The van der Waals surface area contributed by atoms with Crippen molar-refractivity contribution < 1.29 is 9.21 Å². The van der Waals surface area contributed by atoms with Crippen LogP contribution >= 0.6 is 0 Å². The standard InChI is InChI=1S/C25H34N6O2/c32-25(22-17-33-24(28-22)12-26-21-4-5-21)31-15-19-7-10-29(14-20(19)16-31)13-18-3-6-23(27-11-18)30-8-1-2-9-30/h3,6,11,17,19-21,26H,1-2,4-5,7-10,12-16H2. The van der Waals surface area contributed by atoms with Gasteiger partial charge in [0.15, 0.2) is 5.69 Å². The summed E-state index contributed by atoms with van der Waals surface area (Å²) < 4.78 is 5.53. The summed E-state index contributed by atoms with van der Waals surface area (Å²) in [7, 11) is 0. The van der Waals surface area contributed by atoms with Crippen LogP contribution in [0.3, 0.4) is 0 Å². The molecule has 2 aromatic rings. The topological polar surface area (TPSA) is 77.7 Å². The minimum Gasteiger partial charge on any atom is -0.447 e. The largest absolute Gasteiger partial charge is 0.447 e. The molecule has 2 aromatic heterocycles. The Morgan fingerprint density at radius 2 is 1.91 bits per heavy atom. The molecule has 5 heterocycles. The Bertz CT molecular complexity index is 966. The SMILES string of the molecule is O=C(c1coc(CNC2CC2)n1)N1CC2CCN(Cc3ccc(N4CCCC4)nc3)CC2C1. The molecule has 3 saturated heterocycles. The van der Waals surface area contributed by atoms with Crippen molar-refractivity contribution in [1.29, 1.82) is 0 Å². The van der Waals surface area contributed by atoms with Crippen molar-refractivity contribution in [3.8, 4) is 0 Å². The lowest BCUT2D eigenvalue weighted by atomic mass is 9.88. The number of amides is 1. The number of nitrogens with zero attached hydrogens (tertiary/aromatic N) is 5. The number of anilines is 1. The maximum Gasteiger partial charge on any atom is 0.275 e. The number of pyridine rings is 1. The average molecular weight is 451 g/mol. The molecule has 1 saturated carbocycles. The maximum atomic E-state index is 13.0. The molecular weight excluding hydrogens is 416 g/mol. The normalized spacial score (nSPS) is 25.6. The van der Waals surface area contributed by atoms with Crippen LogP contribution in [-0.2, 0) is 13.1 Å². The van der Waals surface area contributed by atoms with Crippen LogP contribution in [-0.4, -0.2) is 71.0 Å². The molecule has 4 aliphatic rings. The van der Waals surface area contributed by atoms with Gasteiger partial charge in [0.25, 0.3) is 5.91 Å². The Labute approximate surface area is 195 Å². The van der Waals surface area contributed by atoms with Gasteiger partial charge in [0.05, 0.1) is 6.54 Å². The van der Waals surface area contributed by atoms with E-state index in [0.717, 1.165) is 58.1 Å². The first-order chi connectivity index (χ1) is 16.2. The Morgan fingerprint density at radius 3 is 2.70 bits per heavy atom. The summed E-state index contributed by atoms with van der Waals surface area (Å²) in [5.41, 5.74) is 1.72. The van der Waals surface area contributed by atoms with E-state index in [-0.39, 0.29) is 5.91 Å². The van der Waals surface area contributed by atoms with Gasteiger partial charge in [0.1, 0.15) is 12.1 Å². The molecule has 1 amide bonds. The number of aromatic nitrogens is 2. The molecule has 0 bridgehead atoms. The number of fused-ring (bicyclic) bond motifs is 1. The molecule has 33 heavy (non-hydrogen) atoms. The summed E-state index contributed by atoms with van der Waals surface area (Å²) in [5, 5.41) is 3.38. The van der Waals surface area contributed by atoms with Crippen molar-refractivity contribution in [2.45, 2.75) is 51.2 Å². The van der Waals surface area contributed by atoms with Gasteiger partial charge in [-0.25, -0.2) is 9.97 Å². The van der Waals surface area contributed by atoms with Gasteiger partial charge in [0.2, 0.25) is 5.89 Å². The fourth-order valence-corrected chi connectivity index (χ4v) is 5.63. The van der Waals surface area contributed by atoms with E-state index in [9.17, 15) is 4.79 Å². The molecule has 0 radical (unpaired) electrons. The number of carbonyl (C=O) groups is 1. The zero-order valence-electron chi connectivity index (χ0n) is 19.3. The zero-order valence-corrected chi connectivity index (χ0v) is 19.3. The number of nitrogens with one attached hydrogen (secondary N) is 1. The van der Waals surface area contributed by atoms with Gasteiger partial charge in [0, 0.05) is 51.5 Å². The third kappa shape index (κ3) is 4.77. The van der Waals surface area contributed by atoms with E-state index in [2.05, 4.69) is 32.2 Å². The van der Waals surface area contributed by atoms with Crippen LogP contribution in [0.5, 0.6) is 0 Å². The first-order valence-corrected chi connectivity index (χ1v) is 12.6. The molecule has 0 spiro atoms. The van der Waals surface area contributed by atoms with Crippen molar-refractivity contribution in [2.24, 2.45) is 11.8 Å². The lowest BCUT2D eigenvalue weighted by Crippen LogP contribution is -2.39. The summed E-state index contributed by atoms with van der Waals surface area (Å²) in [5.74, 6) is 2.85. The van der Waals surface area contributed by atoms with E-state index in [1.165, 1.54) is 37.5 Å². The predicted octanol–water partition coefficient (Wildman–Crippen LogP) is 2.52. The summed E-state index contributed by atoms with van der Waals surface area (Å²) in [6, 6.07) is 5.01. The third-order valence-corrected chi connectivity index (χ3v) is 7.71. The van der Waals surface area contributed by atoms with Crippen molar-refractivity contribution in [2.75, 3.05) is 44.2 Å². The molecule has 1 N–H and O–H groups in total. The van der Waals surface area contributed by atoms with E-state index in [0.29, 0.717) is 36.0 Å². The van der Waals surface area contributed by atoms with Crippen molar-refractivity contribution >= 4 is 11.7 Å². The predicted molar refractivity (Wildman–Crippen MR) is 125 cm³/mol. The van der Waals surface area contributed by atoms with Gasteiger partial charge < -0.3 is 19.5 Å². The lowest BCUT2D eigenvalue weighted by molar-refractivity contribution is 0.0777. The smallest absolute Gasteiger partial charge is 0.275 e. The minimum absolute atomic E-state index is 0.0130. The number of hydrogen-bond donors (Lipinski definition) is 1. The highest BCUT2D eigenvalue weighted by atomic mass is 16.3. The quantitative estimate of drug-likeness (QED) is 0.695. The molecule has 1 aliphatic carbocycles. The molecule has 3 aliphatic heterocycles. The number of piperidine rings is 1. The zero-order chi connectivity index (χ0) is 22.2. The van der Waals surface area contributed by atoms with Crippen molar-refractivity contribution in [1.82, 2.24) is 25.1 Å². The number of oxazole rings is 1. The van der Waals surface area contributed by atoms with Gasteiger partial charge in [-0.3, -0.25) is 9.69 Å². The van der Waals surface area contributed by atoms with E-state index in [1.807, 2.05) is 11.1 Å². The molecule has 8 heteroatoms. The van der Waals surface area contributed by atoms with Gasteiger partial charge in [-0.1, -0.05) is 6.07 Å². The van der Waals surface area contributed by atoms with Crippen LogP contribution in [0, 0.1) is 11.8 Å².